The SMILES string of the molecule is O=C(NNC(=O)[C@H]1COc2ccc(Cl)cc2C1)c1cc(-c2ccccc2)n[nH]1. The van der Waals surface area contributed by atoms with E-state index in [4.69, 9.17) is 16.3 Å². The number of halogens is 1. The zero-order valence-corrected chi connectivity index (χ0v) is 15.5. The first-order valence-electron chi connectivity index (χ1n) is 8.72. The molecule has 0 spiro atoms. The van der Waals surface area contributed by atoms with Crippen LogP contribution in [-0.2, 0) is 11.2 Å². The van der Waals surface area contributed by atoms with E-state index in [-0.39, 0.29) is 18.2 Å². The molecule has 0 unspecified atom stereocenters. The van der Waals surface area contributed by atoms with Gasteiger partial charge in [0.25, 0.3) is 5.91 Å². The van der Waals surface area contributed by atoms with Crippen molar-refractivity contribution in [2.75, 3.05) is 6.61 Å². The Balaban J connectivity index is 1.35. The summed E-state index contributed by atoms with van der Waals surface area (Å²) < 4.78 is 5.61. The van der Waals surface area contributed by atoms with E-state index in [1.54, 1.807) is 24.3 Å². The lowest BCUT2D eigenvalue weighted by molar-refractivity contribution is -0.127. The summed E-state index contributed by atoms with van der Waals surface area (Å²) >= 11 is 6.00. The molecule has 0 aliphatic carbocycles. The molecule has 0 radical (unpaired) electrons. The molecule has 28 heavy (non-hydrogen) atoms. The predicted octanol–water partition coefficient (Wildman–Crippen LogP) is 2.74. The minimum absolute atomic E-state index is 0.235. The van der Waals surface area contributed by atoms with Crippen molar-refractivity contribution in [3.8, 4) is 17.0 Å². The maximum atomic E-state index is 12.4. The van der Waals surface area contributed by atoms with Crippen LogP contribution in [0.5, 0.6) is 5.75 Å². The average Bonchev–Trinajstić information content (AvgIpc) is 3.22. The number of hydrogen-bond acceptors (Lipinski definition) is 4. The molecule has 3 N–H and O–H groups in total. The maximum absolute atomic E-state index is 12.4. The zero-order chi connectivity index (χ0) is 19.5. The first-order valence-corrected chi connectivity index (χ1v) is 9.10. The molecule has 2 heterocycles. The summed E-state index contributed by atoms with van der Waals surface area (Å²) in [6, 6.07) is 16.4. The second-order valence-electron chi connectivity index (χ2n) is 6.44. The van der Waals surface area contributed by atoms with Crippen LogP contribution in [0.3, 0.4) is 0 Å². The Labute approximate surface area is 166 Å². The van der Waals surface area contributed by atoms with Gasteiger partial charge in [-0.15, -0.1) is 0 Å². The molecule has 142 valence electrons. The summed E-state index contributed by atoms with van der Waals surface area (Å²) in [5.41, 5.74) is 7.50. The Morgan fingerprint density at radius 3 is 2.75 bits per heavy atom. The fourth-order valence-corrected chi connectivity index (χ4v) is 3.21. The largest absolute Gasteiger partial charge is 0.492 e. The lowest BCUT2D eigenvalue weighted by Gasteiger charge is -2.24. The molecule has 1 atom stereocenters. The van der Waals surface area contributed by atoms with Crippen molar-refractivity contribution in [1.82, 2.24) is 21.0 Å². The van der Waals surface area contributed by atoms with Gasteiger partial charge in [0, 0.05) is 10.6 Å². The second kappa shape index (κ2) is 7.74. The van der Waals surface area contributed by atoms with E-state index < -0.39 is 11.8 Å². The van der Waals surface area contributed by atoms with Crippen LogP contribution in [0.2, 0.25) is 5.02 Å². The fourth-order valence-electron chi connectivity index (χ4n) is 3.01. The quantitative estimate of drug-likeness (QED) is 0.593. The summed E-state index contributed by atoms with van der Waals surface area (Å²) in [5, 5.41) is 7.39. The topological polar surface area (TPSA) is 96.1 Å². The normalized spacial score (nSPS) is 15.2. The van der Waals surface area contributed by atoms with Crippen LogP contribution in [0.4, 0.5) is 0 Å². The molecule has 0 saturated heterocycles. The molecule has 3 aromatic rings. The smallest absolute Gasteiger partial charge is 0.287 e. The summed E-state index contributed by atoms with van der Waals surface area (Å²) in [4.78, 5) is 24.7. The first-order chi connectivity index (χ1) is 13.6. The number of aromatic nitrogens is 2. The van der Waals surface area contributed by atoms with Crippen LogP contribution < -0.4 is 15.6 Å². The van der Waals surface area contributed by atoms with Gasteiger partial charge in [-0.3, -0.25) is 25.5 Å². The third kappa shape index (κ3) is 3.84. The highest BCUT2D eigenvalue weighted by Gasteiger charge is 2.26. The van der Waals surface area contributed by atoms with Gasteiger partial charge in [-0.05, 0) is 36.2 Å². The van der Waals surface area contributed by atoms with E-state index in [2.05, 4.69) is 21.0 Å². The van der Waals surface area contributed by atoms with E-state index in [9.17, 15) is 9.59 Å². The lowest BCUT2D eigenvalue weighted by atomic mass is 9.96. The van der Waals surface area contributed by atoms with Gasteiger partial charge in [0.15, 0.2) is 0 Å². The summed E-state index contributed by atoms with van der Waals surface area (Å²) in [5.74, 6) is -0.513. The van der Waals surface area contributed by atoms with Gasteiger partial charge in [-0.25, -0.2) is 0 Å². The van der Waals surface area contributed by atoms with Gasteiger partial charge in [0.2, 0.25) is 5.91 Å². The Hall–Kier alpha value is -3.32. The van der Waals surface area contributed by atoms with Gasteiger partial charge >= 0.3 is 0 Å². The molecule has 4 rings (SSSR count). The highest BCUT2D eigenvalue weighted by atomic mass is 35.5. The van der Waals surface area contributed by atoms with Crippen LogP contribution in [0.1, 0.15) is 16.1 Å². The van der Waals surface area contributed by atoms with Gasteiger partial charge in [-0.1, -0.05) is 41.9 Å². The molecule has 0 fully saturated rings. The Morgan fingerprint density at radius 2 is 1.93 bits per heavy atom. The Morgan fingerprint density at radius 1 is 1.11 bits per heavy atom. The van der Waals surface area contributed by atoms with Crippen molar-refractivity contribution >= 4 is 23.4 Å². The molecular weight excluding hydrogens is 380 g/mol. The number of benzene rings is 2. The second-order valence-corrected chi connectivity index (χ2v) is 6.88. The minimum atomic E-state index is -0.483. The fraction of sp³-hybridized carbons (Fsp3) is 0.150. The van der Waals surface area contributed by atoms with Gasteiger partial charge in [0.1, 0.15) is 18.1 Å². The molecule has 1 aliphatic heterocycles. The number of rotatable bonds is 3. The predicted molar refractivity (Wildman–Crippen MR) is 104 cm³/mol. The number of H-pyrrole nitrogens is 1. The van der Waals surface area contributed by atoms with Crippen molar-refractivity contribution in [2.24, 2.45) is 5.92 Å². The minimum Gasteiger partial charge on any atom is -0.492 e. The van der Waals surface area contributed by atoms with E-state index >= 15 is 0 Å². The number of hydrogen-bond donors (Lipinski definition) is 3. The number of carbonyl (C=O) groups excluding carboxylic acids is 2. The molecule has 2 amide bonds. The van der Waals surface area contributed by atoms with Crippen LogP contribution in [0.25, 0.3) is 11.3 Å². The van der Waals surface area contributed by atoms with Crippen LogP contribution in [0, 0.1) is 5.92 Å². The summed E-state index contributed by atoms with van der Waals surface area (Å²) in [6.45, 7) is 0.235. The van der Waals surface area contributed by atoms with Crippen LogP contribution in [0.15, 0.2) is 54.6 Å². The molecule has 2 aromatic carbocycles. The van der Waals surface area contributed by atoms with Crippen LogP contribution in [-0.4, -0.2) is 28.6 Å². The molecule has 8 heteroatoms. The van der Waals surface area contributed by atoms with E-state index in [0.29, 0.717) is 17.1 Å². The molecule has 1 aliphatic rings. The van der Waals surface area contributed by atoms with Crippen LogP contribution >= 0.6 is 11.6 Å². The highest BCUT2D eigenvalue weighted by molar-refractivity contribution is 6.30. The standard InChI is InChI=1S/C20H17ClN4O3/c21-15-6-7-18-13(9-15)8-14(11-28-18)19(26)24-25-20(27)17-10-16(22-23-17)12-4-2-1-3-5-12/h1-7,9-10,14H,8,11H2,(H,22,23)(H,24,26)(H,25,27)/t14-/m1/s1. The van der Waals surface area contributed by atoms with Crippen molar-refractivity contribution in [3.63, 3.8) is 0 Å². The third-order valence-corrected chi connectivity index (χ3v) is 4.73. The van der Waals surface area contributed by atoms with E-state index in [1.807, 2.05) is 30.3 Å². The summed E-state index contributed by atoms with van der Waals surface area (Å²) in [7, 11) is 0. The molecule has 0 bridgehead atoms. The monoisotopic (exact) mass is 396 g/mol. The van der Waals surface area contributed by atoms with Gasteiger partial charge < -0.3 is 4.74 Å². The molecule has 7 nitrogen and oxygen atoms in total. The van der Waals surface area contributed by atoms with E-state index in [1.165, 1.54) is 0 Å². The summed E-state index contributed by atoms with van der Waals surface area (Å²) in [6.07, 6.45) is 0.486. The van der Waals surface area contributed by atoms with Gasteiger partial charge in [-0.2, -0.15) is 5.10 Å². The van der Waals surface area contributed by atoms with Crippen molar-refractivity contribution < 1.29 is 14.3 Å². The van der Waals surface area contributed by atoms with Crippen molar-refractivity contribution in [1.29, 1.82) is 0 Å². The number of hydrazine groups is 1. The zero-order valence-electron chi connectivity index (χ0n) is 14.7. The Bertz CT molecular complexity index is 1020. The van der Waals surface area contributed by atoms with Crippen molar-refractivity contribution in [2.45, 2.75) is 6.42 Å². The maximum Gasteiger partial charge on any atom is 0.287 e. The number of nitrogens with zero attached hydrogens (tertiary/aromatic N) is 1. The number of aromatic amines is 1. The van der Waals surface area contributed by atoms with E-state index in [0.717, 1.165) is 16.9 Å². The third-order valence-electron chi connectivity index (χ3n) is 4.49. The number of nitrogens with one attached hydrogen (secondary N) is 3. The Kier molecular flexibility index (Phi) is 4.99. The molecular formula is C20H17ClN4O3. The average molecular weight is 397 g/mol. The number of fused-ring (bicyclic) bond motifs is 1. The van der Waals surface area contributed by atoms with Gasteiger partial charge in [0.05, 0.1) is 11.6 Å². The first kappa shape index (κ1) is 18.1. The lowest BCUT2D eigenvalue weighted by Crippen LogP contribution is -2.47. The number of carbonyl (C=O) groups is 2. The van der Waals surface area contributed by atoms with Crippen molar-refractivity contribution in [3.05, 3.63) is 70.9 Å². The molecule has 1 aromatic heterocycles. The number of ether oxygens (including phenoxy) is 1. The number of amides is 2. The highest BCUT2D eigenvalue weighted by Crippen LogP contribution is 2.29. The molecule has 0 saturated carbocycles.